The Hall–Kier alpha value is -1.01. The number of sulfone groups is 1. The summed E-state index contributed by atoms with van der Waals surface area (Å²) in [5.41, 5.74) is 2.22. The van der Waals surface area contributed by atoms with E-state index in [0.717, 1.165) is 12.1 Å². The van der Waals surface area contributed by atoms with Gasteiger partial charge in [0.2, 0.25) is 5.91 Å². The molecule has 2 atom stereocenters. The number of rotatable bonds is 3. The number of carbonyl (C=O) groups is 1. The van der Waals surface area contributed by atoms with Gasteiger partial charge in [0.1, 0.15) is 0 Å². The van der Waals surface area contributed by atoms with Crippen molar-refractivity contribution in [2.24, 2.45) is 0 Å². The molecular weight excluding hydrogens is 306 g/mol. The summed E-state index contributed by atoms with van der Waals surface area (Å²) < 4.78 is 22.9. The Morgan fingerprint density at radius 3 is 2.86 bits per heavy atom. The van der Waals surface area contributed by atoms with Crippen LogP contribution in [-0.4, -0.2) is 42.9 Å². The molecule has 1 fully saturated rings. The molecule has 1 aromatic carbocycles. The Bertz CT molecular complexity index is 657. The standard InChI is InChI=1S/C15H19NO3S2/c1-11-8-12-4-2-3-5-14(12)16(11)15(17)9-20-13-6-7-21(18,19)10-13/h2-5,11,13H,6-10H2,1H3. The van der Waals surface area contributed by atoms with Gasteiger partial charge in [-0.1, -0.05) is 18.2 Å². The van der Waals surface area contributed by atoms with E-state index in [4.69, 9.17) is 0 Å². The lowest BCUT2D eigenvalue weighted by molar-refractivity contribution is -0.116. The van der Waals surface area contributed by atoms with Crippen LogP contribution in [0.1, 0.15) is 18.9 Å². The fraction of sp³-hybridized carbons (Fsp3) is 0.533. The number of anilines is 1. The van der Waals surface area contributed by atoms with Crippen LogP contribution in [0.15, 0.2) is 24.3 Å². The van der Waals surface area contributed by atoms with E-state index >= 15 is 0 Å². The third-order valence-corrected chi connectivity index (χ3v) is 7.38. The van der Waals surface area contributed by atoms with Crippen LogP contribution in [0.3, 0.4) is 0 Å². The van der Waals surface area contributed by atoms with Crippen molar-refractivity contribution in [1.29, 1.82) is 0 Å². The molecule has 6 heteroatoms. The van der Waals surface area contributed by atoms with Gasteiger partial charge in [-0.05, 0) is 31.4 Å². The smallest absolute Gasteiger partial charge is 0.237 e. The second-order valence-corrected chi connectivity index (χ2v) is 9.30. The number of thioether (sulfide) groups is 1. The van der Waals surface area contributed by atoms with Crippen LogP contribution in [0, 0.1) is 0 Å². The fourth-order valence-corrected chi connectivity index (χ4v) is 6.60. The molecule has 4 nitrogen and oxygen atoms in total. The lowest BCUT2D eigenvalue weighted by Crippen LogP contribution is -2.37. The number of nitrogens with zero attached hydrogens (tertiary/aromatic N) is 1. The van der Waals surface area contributed by atoms with Crippen LogP contribution in [0.5, 0.6) is 0 Å². The maximum Gasteiger partial charge on any atom is 0.237 e. The maximum atomic E-state index is 12.5. The Morgan fingerprint density at radius 1 is 1.38 bits per heavy atom. The van der Waals surface area contributed by atoms with E-state index in [1.54, 1.807) is 0 Å². The molecule has 2 aliphatic heterocycles. The minimum atomic E-state index is -2.87. The Kier molecular flexibility index (Phi) is 4.01. The predicted octanol–water partition coefficient (Wildman–Crippen LogP) is 1.88. The number of hydrogen-bond acceptors (Lipinski definition) is 4. The van der Waals surface area contributed by atoms with E-state index in [1.165, 1.54) is 17.3 Å². The normalized spacial score (nSPS) is 26.8. The van der Waals surface area contributed by atoms with Gasteiger partial charge in [0.05, 0.1) is 17.3 Å². The second kappa shape index (κ2) is 5.65. The largest absolute Gasteiger partial charge is 0.308 e. The number of para-hydroxylation sites is 1. The number of hydrogen-bond donors (Lipinski definition) is 0. The third-order valence-electron chi connectivity index (χ3n) is 4.11. The topological polar surface area (TPSA) is 54.5 Å². The molecule has 2 aliphatic rings. The highest BCUT2D eigenvalue weighted by Crippen LogP contribution is 2.33. The van der Waals surface area contributed by atoms with Crippen LogP contribution in [0.25, 0.3) is 0 Å². The molecule has 3 rings (SSSR count). The molecule has 0 aromatic heterocycles. The summed E-state index contributed by atoms with van der Waals surface area (Å²) in [5, 5.41) is 0.0760. The second-order valence-electron chi connectivity index (χ2n) is 5.78. The van der Waals surface area contributed by atoms with Crippen molar-refractivity contribution in [3.05, 3.63) is 29.8 Å². The molecule has 0 N–H and O–H groups in total. The van der Waals surface area contributed by atoms with Crippen molar-refractivity contribution in [2.75, 3.05) is 22.2 Å². The van der Waals surface area contributed by atoms with Gasteiger partial charge in [-0.15, -0.1) is 11.8 Å². The average Bonchev–Trinajstić information content (AvgIpc) is 2.94. The van der Waals surface area contributed by atoms with Crippen molar-refractivity contribution in [1.82, 2.24) is 0 Å². The average molecular weight is 325 g/mol. The molecular formula is C15H19NO3S2. The molecule has 1 amide bonds. The van der Waals surface area contributed by atoms with Gasteiger partial charge in [0.15, 0.2) is 9.84 Å². The quantitative estimate of drug-likeness (QED) is 0.851. The molecule has 0 radical (unpaired) electrons. The Balaban J connectivity index is 1.64. The fourth-order valence-electron chi connectivity index (χ4n) is 3.10. The minimum Gasteiger partial charge on any atom is -0.308 e. The lowest BCUT2D eigenvalue weighted by atomic mass is 10.1. The van der Waals surface area contributed by atoms with Gasteiger partial charge in [-0.25, -0.2) is 8.42 Å². The van der Waals surface area contributed by atoms with E-state index in [-0.39, 0.29) is 28.7 Å². The molecule has 2 unspecified atom stereocenters. The molecule has 114 valence electrons. The van der Waals surface area contributed by atoms with E-state index < -0.39 is 9.84 Å². The van der Waals surface area contributed by atoms with Crippen LogP contribution in [0.2, 0.25) is 0 Å². The molecule has 0 spiro atoms. The zero-order chi connectivity index (χ0) is 15.0. The SMILES string of the molecule is CC1Cc2ccccc2N1C(=O)CSC1CCS(=O)(=O)C1. The van der Waals surface area contributed by atoms with Gasteiger partial charge >= 0.3 is 0 Å². The summed E-state index contributed by atoms with van der Waals surface area (Å²) in [4.78, 5) is 14.4. The van der Waals surface area contributed by atoms with Crippen LogP contribution < -0.4 is 4.90 Å². The lowest BCUT2D eigenvalue weighted by Gasteiger charge is -2.23. The molecule has 0 bridgehead atoms. The third kappa shape index (κ3) is 3.11. The number of amides is 1. The van der Waals surface area contributed by atoms with Crippen molar-refractivity contribution in [3.8, 4) is 0 Å². The molecule has 1 aromatic rings. The van der Waals surface area contributed by atoms with E-state index in [0.29, 0.717) is 12.2 Å². The highest BCUT2D eigenvalue weighted by molar-refractivity contribution is 8.02. The van der Waals surface area contributed by atoms with Gasteiger partial charge in [-0.3, -0.25) is 4.79 Å². The van der Waals surface area contributed by atoms with E-state index in [1.807, 2.05) is 23.1 Å². The molecule has 0 saturated carbocycles. The summed E-state index contributed by atoms with van der Waals surface area (Å²) in [7, 11) is -2.87. The minimum absolute atomic E-state index is 0.0760. The zero-order valence-electron chi connectivity index (χ0n) is 12.0. The van der Waals surface area contributed by atoms with Crippen molar-refractivity contribution >= 4 is 33.2 Å². The van der Waals surface area contributed by atoms with Crippen molar-refractivity contribution in [2.45, 2.75) is 31.1 Å². The molecule has 2 heterocycles. The first-order valence-corrected chi connectivity index (χ1v) is 10.1. The number of fused-ring (bicyclic) bond motifs is 1. The molecule has 0 aliphatic carbocycles. The van der Waals surface area contributed by atoms with Gasteiger partial charge < -0.3 is 4.90 Å². The summed E-state index contributed by atoms with van der Waals surface area (Å²) in [5.74, 6) is 0.930. The van der Waals surface area contributed by atoms with Crippen molar-refractivity contribution < 1.29 is 13.2 Å². The monoisotopic (exact) mass is 325 g/mol. The van der Waals surface area contributed by atoms with Gasteiger partial charge in [-0.2, -0.15) is 0 Å². The first-order chi connectivity index (χ1) is 9.96. The van der Waals surface area contributed by atoms with Crippen molar-refractivity contribution in [3.63, 3.8) is 0 Å². The highest BCUT2D eigenvalue weighted by Gasteiger charge is 2.32. The highest BCUT2D eigenvalue weighted by atomic mass is 32.2. The number of benzene rings is 1. The predicted molar refractivity (Wildman–Crippen MR) is 86.6 cm³/mol. The van der Waals surface area contributed by atoms with Crippen LogP contribution in [-0.2, 0) is 21.1 Å². The van der Waals surface area contributed by atoms with Gasteiger partial charge in [0, 0.05) is 17.0 Å². The first kappa shape index (κ1) is 14.9. The van der Waals surface area contributed by atoms with E-state index in [9.17, 15) is 13.2 Å². The number of carbonyl (C=O) groups excluding carboxylic acids is 1. The molecule has 21 heavy (non-hydrogen) atoms. The van der Waals surface area contributed by atoms with E-state index in [2.05, 4.69) is 13.0 Å². The zero-order valence-corrected chi connectivity index (χ0v) is 13.6. The Morgan fingerprint density at radius 2 is 2.14 bits per heavy atom. The van der Waals surface area contributed by atoms with Crippen LogP contribution in [0.4, 0.5) is 5.69 Å². The summed E-state index contributed by atoms with van der Waals surface area (Å²) in [6, 6.07) is 8.19. The summed E-state index contributed by atoms with van der Waals surface area (Å²) >= 11 is 1.49. The summed E-state index contributed by atoms with van der Waals surface area (Å²) in [6.45, 7) is 2.06. The summed E-state index contributed by atoms with van der Waals surface area (Å²) in [6.07, 6.45) is 1.57. The molecule has 1 saturated heterocycles. The van der Waals surface area contributed by atoms with Crippen LogP contribution >= 0.6 is 11.8 Å². The maximum absolute atomic E-state index is 12.5. The Labute approximate surface area is 129 Å². The van der Waals surface area contributed by atoms with Gasteiger partial charge in [0.25, 0.3) is 0 Å². The first-order valence-electron chi connectivity index (χ1n) is 7.18.